The van der Waals surface area contributed by atoms with Gasteiger partial charge in [0.25, 0.3) is 0 Å². The van der Waals surface area contributed by atoms with Crippen LogP contribution in [-0.4, -0.2) is 62.6 Å². The standard InChI is InChI=1S/C21H35N3O2S.HI/c1-5-22-21(24-13-11-18(12-14-24)26-6-2)23-15-17(3)16-27-20-10-8-7-9-19(20)25-4;/h7-10,17-18H,5-6,11-16H2,1-4H3,(H,22,23);1H. The SMILES string of the molecule is CCNC(=NCC(C)CSc1ccccc1OC)N1CCC(OCC)CC1.I. The molecular formula is C21H36IN3O2S. The Morgan fingerprint density at radius 2 is 2.00 bits per heavy atom. The Hall–Kier alpha value is -0.670. The molecule has 1 atom stereocenters. The number of nitrogens with one attached hydrogen (secondary N) is 1. The van der Waals surface area contributed by atoms with Crippen molar-refractivity contribution in [3.63, 3.8) is 0 Å². The van der Waals surface area contributed by atoms with E-state index in [2.05, 4.69) is 43.1 Å². The average Bonchev–Trinajstić information content (AvgIpc) is 2.70. The summed E-state index contributed by atoms with van der Waals surface area (Å²) in [5, 5.41) is 3.45. The first kappa shape index (κ1) is 25.4. The van der Waals surface area contributed by atoms with Crippen LogP contribution in [-0.2, 0) is 4.74 Å². The Morgan fingerprint density at radius 3 is 2.64 bits per heavy atom. The Bertz CT molecular complexity index is 581. The lowest BCUT2D eigenvalue weighted by Gasteiger charge is -2.34. The van der Waals surface area contributed by atoms with Gasteiger partial charge in [-0.3, -0.25) is 4.99 Å². The number of likely N-dealkylation sites (tertiary alicyclic amines) is 1. The molecule has 28 heavy (non-hydrogen) atoms. The van der Waals surface area contributed by atoms with Gasteiger partial charge < -0.3 is 19.7 Å². The van der Waals surface area contributed by atoms with Crippen LogP contribution in [0, 0.1) is 5.92 Å². The summed E-state index contributed by atoms with van der Waals surface area (Å²) in [6, 6.07) is 8.20. The molecule has 1 aromatic carbocycles. The van der Waals surface area contributed by atoms with E-state index in [-0.39, 0.29) is 24.0 Å². The minimum atomic E-state index is 0. The lowest BCUT2D eigenvalue weighted by molar-refractivity contribution is 0.0263. The van der Waals surface area contributed by atoms with Crippen molar-refractivity contribution in [2.75, 3.05) is 45.6 Å². The summed E-state index contributed by atoms with van der Waals surface area (Å²) >= 11 is 1.84. The molecule has 2 rings (SSSR count). The van der Waals surface area contributed by atoms with E-state index in [1.165, 1.54) is 4.90 Å². The molecule has 160 valence electrons. The molecule has 5 nitrogen and oxygen atoms in total. The molecule has 1 aliphatic rings. The second-order valence-corrected chi connectivity index (χ2v) is 7.97. The summed E-state index contributed by atoms with van der Waals surface area (Å²) < 4.78 is 11.2. The highest BCUT2D eigenvalue weighted by Crippen LogP contribution is 2.30. The van der Waals surface area contributed by atoms with Crippen molar-refractivity contribution in [2.24, 2.45) is 10.9 Å². The Labute approximate surface area is 192 Å². The highest BCUT2D eigenvalue weighted by Gasteiger charge is 2.21. The number of thioether (sulfide) groups is 1. The lowest BCUT2D eigenvalue weighted by atomic mass is 10.1. The molecular weight excluding hydrogens is 485 g/mol. The number of ether oxygens (including phenoxy) is 2. The number of nitrogens with zero attached hydrogens (tertiary/aromatic N) is 2. The topological polar surface area (TPSA) is 46.1 Å². The van der Waals surface area contributed by atoms with Crippen LogP contribution < -0.4 is 10.1 Å². The fourth-order valence-corrected chi connectivity index (χ4v) is 4.20. The van der Waals surface area contributed by atoms with Gasteiger partial charge in [0, 0.05) is 43.4 Å². The summed E-state index contributed by atoms with van der Waals surface area (Å²) in [6.45, 7) is 11.0. The highest BCUT2D eigenvalue weighted by molar-refractivity contribution is 14.0. The third-order valence-electron chi connectivity index (χ3n) is 4.62. The first-order valence-electron chi connectivity index (χ1n) is 10.1. The fourth-order valence-electron chi connectivity index (χ4n) is 3.16. The molecule has 0 spiro atoms. The van der Waals surface area contributed by atoms with Crippen LogP contribution >= 0.6 is 35.7 Å². The minimum Gasteiger partial charge on any atom is -0.496 e. The predicted octanol–water partition coefficient (Wildman–Crippen LogP) is 4.51. The quantitative estimate of drug-likeness (QED) is 0.224. The maximum atomic E-state index is 5.76. The Balaban J connectivity index is 0.00000392. The zero-order chi connectivity index (χ0) is 19.5. The van der Waals surface area contributed by atoms with E-state index >= 15 is 0 Å². The van der Waals surface area contributed by atoms with E-state index in [0.717, 1.165) is 63.1 Å². The molecule has 1 heterocycles. The van der Waals surface area contributed by atoms with Gasteiger partial charge in [0.05, 0.1) is 13.2 Å². The van der Waals surface area contributed by atoms with E-state index in [0.29, 0.717) is 12.0 Å². The van der Waals surface area contributed by atoms with Crippen LogP contribution in [0.3, 0.4) is 0 Å². The zero-order valence-electron chi connectivity index (χ0n) is 17.6. The molecule has 1 unspecified atom stereocenters. The van der Waals surface area contributed by atoms with Gasteiger partial charge in [0.2, 0.25) is 0 Å². The van der Waals surface area contributed by atoms with Gasteiger partial charge >= 0.3 is 0 Å². The van der Waals surface area contributed by atoms with Crippen LogP contribution in [0.1, 0.15) is 33.6 Å². The number of para-hydroxylation sites is 1. The van der Waals surface area contributed by atoms with Crippen molar-refractivity contribution in [1.82, 2.24) is 10.2 Å². The Kier molecular flexibility index (Phi) is 13.0. The van der Waals surface area contributed by atoms with Crippen LogP contribution in [0.4, 0.5) is 0 Å². The fraction of sp³-hybridized carbons (Fsp3) is 0.667. The van der Waals surface area contributed by atoms with Crippen LogP contribution in [0.15, 0.2) is 34.2 Å². The van der Waals surface area contributed by atoms with Gasteiger partial charge in [-0.15, -0.1) is 35.7 Å². The highest BCUT2D eigenvalue weighted by atomic mass is 127. The molecule has 1 fully saturated rings. The first-order chi connectivity index (χ1) is 13.2. The van der Waals surface area contributed by atoms with Crippen molar-refractivity contribution in [1.29, 1.82) is 0 Å². The van der Waals surface area contributed by atoms with Gasteiger partial charge in [0.1, 0.15) is 5.75 Å². The van der Waals surface area contributed by atoms with Crippen molar-refractivity contribution >= 4 is 41.7 Å². The molecule has 0 saturated carbocycles. The monoisotopic (exact) mass is 521 g/mol. The second kappa shape index (κ2) is 14.3. The average molecular weight is 522 g/mol. The number of piperidine rings is 1. The molecule has 0 aromatic heterocycles. The zero-order valence-corrected chi connectivity index (χ0v) is 20.8. The second-order valence-electron chi connectivity index (χ2n) is 6.90. The number of benzene rings is 1. The van der Waals surface area contributed by atoms with E-state index in [1.54, 1.807) is 7.11 Å². The van der Waals surface area contributed by atoms with Gasteiger partial charge in [-0.25, -0.2) is 0 Å². The van der Waals surface area contributed by atoms with Crippen molar-refractivity contribution in [2.45, 2.75) is 44.6 Å². The van der Waals surface area contributed by atoms with Gasteiger partial charge in [-0.2, -0.15) is 0 Å². The molecule has 0 amide bonds. The van der Waals surface area contributed by atoms with Crippen LogP contribution in [0.25, 0.3) is 0 Å². The molecule has 0 aliphatic carbocycles. The minimum absolute atomic E-state index is 0. The summed E-state index contributed by atoms with van der Waals surface area (Å²) in [7, 11) is 1.73. The first-order valence-corrected chi connectivity index (χ1v) is 11.1. The summed E-state index contributed by atoms with van der Waals surface area (Å²) in [4.78, 5) is 8.48. The largest absolute Gasteiger partial charge is 0.496 e. The number of aliphatic imine (C=N–C) groups is 1. The van der Waals surface area contributed by atoms with E-state index < -0.39 is 0 Å². The smallest absolute Gasteiger partial charge is 0.193 e. The third kappa shape index (κ3) is 8.37. The number of hydrogen-bond donors (Lipinski definition) is 1. The number of guanidine groups is 1. The normalized spacial score (nSPS) is 16.4. The van der Waals surface area contributed by atoms with Gasteiger partial charge in [-0.05, 0) is 44.7 Å². The lowest BCUT2D eigenvalue weighted by Crippen LogP contribution is -2.47. The van der Waals surface area contributed by atoms with Crippen molar-refractivity contribution in [3.05, 3.63) is 24.3 Å². The van der Waals surface area contributed by atoms with Crippen molar-refractivity contribution in [3.8, 4) is 5.75 Å². The Morgan fingerprint density at radius 1 is 1.29 bits per heavy atom. The van der Waals surface area contributed by atoms with E-state index in [9.17, 15) is 0 Å². The van der Waals surface area contributed by atoms with Gasteiger partial charge in [0.15, 0.2) is 5.96 Å². The van der Waals surface area contributed by atoms with Crippen LogP contribution in [0.2, 0.25) is 0 Å². The van der Waals surface area contributed by atoms with E-state index in [1.807, 2.05) is 23.9 Å². The molecule has 1 N–H and O–H groups in total. The number of methoxy groups -OCH3 is 1. The van der Waals surface area contributed by atoms with Crippen LogP contribution in [0.5, 0.6) is 5.75 Å². The molecule has 0 bridgehead atoms. The maximum Gasteiger partial charge on any atom is 0.193 e. The third-order valence-corrected chi connectivity index (χ3v) is 6.01. The van der Waals surface area contributed by atoms with E-state index in [4.69, 9.17) is 14.5 Å². The predicted molar refractivity (Wildman–Crippen MR) is 130 cm³/mol. The van der Waals surface area contributed by atoms with Crippen molar-refractivity contribution < 1.29 is 9.47 Å². The molecule has 1 saturated heterocycles. The molecule has 1 aliphatic heterocycles. The molecule has 1 aromatic rings. The molecule has 7 heteroatoms. The molecule has 0 radical (unpaired) electrons. The summed E-state index contributed by atoms with van der Waals surface area (Å²) in [5.74, 6) is 3.51. The van der Waals surface area contributed by atoms with Gasteiger partial charge in [-0.1, -0.05) is 19.1 Å². The number of halogens is 1. The maximum absolute atomic E-state index is 5.76. The summed E-state index contributed by atoms with van der Waals surface area (Å²) in [6.07, 6.45) is 2.57. The number of hydrogen-bond acceptors (Lipinski definition) is 4. The number of rotatable bonds is 9. The summed E-state index contributed by atoms with van der Waals surface area (Å²) in [5.41, 5.74) is 0.